The number of fused-ring (bicyclic) bond motifs is 1. The molecule has 0 radical (unpaired) electrons. The Labute approximate surface area is 135 Å². The van der Waals surface area contributed by atoms with Crippen molar-refractivity contribution in [2.45, 2.75) is 32.3 Å². The van der Waals surface area contributed by atoms with Crippen LogP contribution in [0.25, 0.3) is 11.6 Å². The minimum Gasteiger partial charge on any atom is -0.394 e. The molecule has 7 heteroatoms. The molecular weight excluding hydrogens is 294 g/mol. The highest BCUT2D eigenvalue weighted by atomic mass is 16.5. The van der Waals surface area contributed by atoms with Crippen LogP contribution in [0.1, 0.15) is 37.4 Å². The second kappa shape index (κ2) is 7.85. The van der Waals surface area contributed by atoms with Crippen LogP contribution in [0.2, 0.25) is 0 Å². The molecule has 23 heavy (non-hydrogen) atoms. The largest absolute Gasteiger partial charge is 0.394 e. The summed E-state index contributed by atoms with van der Waals surface area (Å²) >= 11 is 0. The number of aromatic nitrogens is 3. The topological polar surface area (TPSA) is 98.0 Å². The Balaban J connectivity index is 2.54. The summed E-state index contributed by atoms with van der Waals surface area (Å²) in [6, 6.07) is 2.06. The summed E-state index contributed by atoms with van der Waals surface area (Å²) in [5.74, 6) is 0.669. The smallest absolute Gasteiger partial charge is 0.181 e. The number of aliphatic hydroxyl groups excluding tert-OH is 1. The Morgan fingerprint density at radius 1 is 1.52 bits per heavy atom. The standard InChI is InChI=1S/C16H23N5O2/c1-4-5-12-7-14(11(2)6-13(8-22)23-3)21-15(12)16(18-9-17)19-10-20-21/h4-5,7,9-11,13,22H,6,8H2,1-3H3,(H2,17,18,19,20)/b5-4-. The highest BCUT2D eigenvalue weighted by Gasteiger charge is 2.20. The molecule has 0 saturated carbocycles. The predicted molar refractivity (Wildman–Crippen MR) is 90.9 cm³/mol. The van der Waals surface area contributed by atoms with E-state index in [1.807, 2.05) is 23.6 Å². The molecular formula is C16H23N5O2. The van der Waals surface area contributed by atoms with E-state index in [-0.39, 0.29) is 18.6 Å². The van der Waals surface area contributed by atoms with Gasteiger partial charge in [0.15, 0.2) is 5.82 Å². The highest BCUT2D eigenvalue weighted by Crippen LogP contribution is 2.30. The number of allylic oxidation sites excluding steroid dienone is 1. The third-order valence-electron chi connectivity index (χ3n) is 3.79. The number of aliphatic imine (C=N–C) groups is 1. The Morgan fingerprint density at radius 3 is 2.91 bits per heavy atom. The quantitative estimate of drug-likeness (QED) is 0.600. The monoisotopic (exact) mass is 317 g/mol. The number of rotatable bonds is 7. The molecule has 2 aromatic heterocycles. The van der Waals surface area contributed by atoms with Gasteiger partial charge in [-0.3, -0.25) is 0 Å². The number of aliphatic hydroxyl groups is 1. The molecule has 2 atom stereocenters. The lowest BCUT2D eigenvalue weighted by Gasteiger charge is -2.17. The molecule has 0 aliphatic carbocycles. The van der Waals surface area contributed by atoms with Crippen molar-refractivity contribution >= 4 is 23.7 Å². The van der Waals surface area contributed by atoms with Crippen LogP contribution in [-0.2, 0) is 4.74 Å². The van der Waals surface area contributed by atoms with E-state index in [4.69, 9.17) is 10.5 Å². The van der Waals surface area contributed by atoms with Crippen LogP contribution in [0.4, 0.5) is 5.82 Å². The van der Waals surface area contributed by atoms with E-state index < -0.39 is 0 Å². The first-order valence-corrected chi connectivity index (χ1v) is 7.53. The Kier molecular flexibility index (Phi) is 5.84. The van der Waals surface area contributed by atoms with Crippen molar-refractivity contribution in [1.29, 1.82) is 0 Å². The van der Waals surface area contributed by atoms with Gasteiger partial charge in [-0.25, -0.2) is 14.5 Å². The minimum absolute atomic E-state index is 0.0103. The van der Waals surface area contributed by atoms with Gasteiger partial charge >= 0.3 is 0 Å². The Hall–Kier alpha value is -2.25. The number of hydrogen-bond donors (Lipinski definition) is 2. The van der Waals surface area contributed by atoms with Gasteiger partial charge in [-0.15, -0.1) is 0 Å². The fourth-order valence-electron chi connectivity index (χ4n) is 2.66. The summed E-state index contributed by atoms with van der Waals surface area (Å²) in [7, 11) is 1.60. The van der Waals surface area contributed by atoms with Crippen LogP contribution in [-0.4, -0.2) is 45.9 Å². The van der Waals surface area contributed by atoms with Crippen molar-refractivity contribution in [2.24, 2.45) is 10.7 Å². The van der Waals surface area contributed by atoms with Crippen molar-refractivity contribution in [3.8, 4) is 0 Å². The maximum Gasteiger partial charge on any atom is 0.181 e. The SMILES string of the molecule is C/C=C\c1cc(C(C)CC(CO)OC)n2ncnc(N=CN)c12. The maximum absolute atomic E-state index is 9.34. The van der Waals surface area contributed by atoms with Gasteiger partial charge in [0.2, 0.25) is 0 Å². The molecule has 0 aliphatic rings. The molecule has 2 unspecified atom stereocenters. The summed E-state index contributed by atoms with van der Waals surface area (Å²) < 4.78 is 7.11. The number of nitrogens with zero attached hydrogens (tertiary/aromatic N) is 4. The fraction of sp³-hybridized carbons (Fsp3) is 0.438. The zero-order chi connectivity index (χ0) is 16.8. The molecule has 0 fully saturated rings. The number of hydrogen-bond acceptors (Lipinski definition) is 5. The maximum atomic E-state index is 9.34. The summed E-state index contributed by atoms with van der Waals surface area (Å²) in [5, 5.41) is 13.7. The molecule has 2 aromatic rings. The molecule has 0 aromatic carbocycles. The molecule has 0 amide bonds. The zero-order valence-corrected chi connectivity index (χ0v) is 13.7. The van der Waals surface area contributed by atoms with Gasteiger partial charge in [0.1, 0.15) is 11.8 Å². The molecule has 7 nitrogen and oxygen atoms in total. The molecule has 0 bridgehead atoms. The first-order chi connectivity index (χ1) is 11.2. The third-order valence-corrected chi connectivity index (χ3v) is 3.79. The third kappa shape index (κ3) is 3.57. The van der Waals surface area contributed by atoms with Crippen LogP contribution >= 0.6 is 0 Å². The van der Waals surface area contributed by atoms with E-state index in [1.54, 1.807) is 7.11 Å². The molecule has 124 valence electrons. The van der Waals surface area contributed by atoms with Gasteiger partial charge in [-0.05, 0) is 19.4 Å². The van der Waals surface area contributed by atoms with Crippen molar-refractivity contribution in [2.75, 3.05) is 13.7 Å². The molecule has 0 saturated heterocycles. The average molecular weight is 317 g/mol. The van der Waals surface area contributed by atoms with E-state index in [0.717, 1.165) is 16.8 Å². The van der Waals surface area contributed by atoms with Gasteiger partial charge in [-0.2, -0.15) is 5.10 Å². The summed E-state index contributed by atoms with van der Waals surface area (Å²) in [5.41, 5.74) is 8.23. The number of methoxy groups -OCH3 is 1. The normalized spacial score (nSPS) is 15.0. The van der Waals surface area contributed by atoms with Crippen molar-refractivity contribution in [1.82, 2.24) is 14.6 Å². The highest BCUT2D eigenvalue weighted by molar-refractivity contribution is 5.81. The van der Waals surface area contributed by atoms with E-state index >= 15 is 0 Å². The lowest BCUT2D eigenvalue weighted by Crippen LogP contribution is -2.19. The van der Waals surface area contributed by atoms with Crippen LogP contribution in [0.5, 0.6) is 0 Å². The van der Waals surface area contributed by atoms with Gasteiger partial charge in [0.25, 0.3) is 0 Å². The van der Waals surface area contributed by atoms with Gasteiger partial charge in [0.05, 0.1) is 19.0 Å². The van der Waals surface area contributed by atoms with Gasteiger partial charge < -0.3 is 15.6 Å². The van der Waals surface area contributed by atoms with E-state index in [2.05, 4.69) is 28.1 Å². The van der Waals surface area contributed by atoms with E-state index in [1.165, 1.54) is 12.7 Å². The van der Waals surface area contributed by atoms with Crippen molar-refractivity contribution < 1.29 is 9.84 Å². The van der Waals surface area contributed by atoms with Crippen molar-refractivity contribution in [3.05, 3.63) is 29.7 Å². The first-order valence-electron chi connectivity index (χ1n) is 7.53. The molecule has 2 heterocycles. The summed E-state index contributed by atoms with van der Waals surface area (Å²) in [4.78, 5) is 8.32. The lowest BCUT2D eigenvalue weighted by atomic mass is 10.00. The molecule has 0 spiro atoms. The number of nitrogens with two attached hydrogens (primary N) is 1. The number of ether oxygens (including phenoxy) is 1. The Morgan fingerprint density at radius 2 is 2.30 bits per heavy atom. The lowest BCUT2D eigenvalue weighted by molar-refractivity contribution is 0.0390. The van der Waals surface area contributed by atoms with Crippen LogP contribution in [0.15, 0.2) is 23.5 Å². The van der Waals surface area contributed by atoms with Crippen molar-refractivity contribution in [3.63, 3.8) is 0 Å². The average Bonchev–Trinajstić information content (AvgIpc) is 2.93. The first kappa shape index (κ1) is 17.1. The molecule has 3 N–H and O–H groups in total. The second-order valence-corrected chi connectivity index (χ2v) is 5.32. The fourth-order valence-corrected chi connectivity index (χ4v) is 2.66. The second-order valence-electron chi connectivity index (χ2n) is 5.32. The molecule has 2 rings (SSSR count). The van der Waals surface area contributed by atoms with E-state index in [9.17, 15) is 5.11 Å². The Bertz CT molecular complexity index is 704. The van der Waals surface area contributed by atoms with Gasteiger partial charge in [0, 0.05) is 24.3 Å². The predicted octanol–water partition coefficient (Wildman–Crippen LogP) is 1.88. The van der Waals surface area contributed by atoms with Crippen LogP contribution < -0.4 is 5.73 Å². The van der Waals surface area contributed by atoms with E-state index in [0.29, 0.717) is 12.2 Å². The van der Waals surface area contributed by atoms with Gasteiger partial charge in [-0.1, -0.05) is 19.1 Å². The summed E-state index contributed by atoms with van der Waals surface area (Å²) in [6.07, 6.45) is 7.12. The van der Waals surface area contributed by atoms with Crippen LogP contribution in [0, 0.1) is 0 Å². The molecule has 0 aliphatic heterocycles. The van der Waals surface area contributed by atoms with Crippen LogP contribution in [0.3, 0.4) is 0 Å². The zero-order valence-electron chi connectivity index (χ0n) is 13.7. The summed E-state index contributed by atoms with van der Waals surface area (Å²) in [6.45, 7) is 4.02. The minimum atomic E-state index is -0.205.